The zero-order valence-corrected chi connectivity index (χ0v) is 12.0. The molecule has 0 radical (unpaired) electrons. The first-order valence-corrected chi connectivity index (χ1v) is 7.14. The minimum Gasteiger partial charge on any atom is -0.467 e. The van der Waals surface area contributed by atoms with E-state index < -0.39 is 0 Å². The topological polar surface area (TPSA) is 54.2 Å². The van der Waals surface area contributed by atoms with Crippen LogP contribution in [0.5, 0.6) is 0 Å². The fraction of sp³-hybridized carbons (Fsp3) is 0.467. The molecule has 0 aromatic carbocycles. The Morgan fingerprint density at radius 1 is 1.40 bits per heavy atom. The van der Waals surface area contributed by atoms with Crippen molar-refractivity contribution in [2.75, 3.05) is 17.3 Å². The number of nitrogens with one attached hydrogen (secondary N) is 1. The molecule has 0 aliphatic heterocycles. The lowest BCUT2D eigenvalue weighted by molar-refractivity contribution is 0.500. The molecule has 0 saturated heterocycles. The third kappa shape index (κ3) is 2.48. The van der Waals surface area contributed by atoms with Crippen molar-refractivity contribution >= 4 is 11.6 Å². The van der Waals surface area contributed by atoms with Gasteiger partial charge in [0.05, 0.1) is 12.8 Å². The first kappa shape index (κ1) is 13.0. The van der Waals surface area contributed by atoms with Crippen LogP contribution in [-0.2, 0) is 13.0 Å². The van der Waals surface area contributed by atoms with Gasteiger partial charge in [0.1, 0.15) is 23.7 Å². The van der Waals surface area contributed by atoms with Gasteiger partial charge in [0.25, 0.3) is 0 Å². The van der Waals surface area contributed by atoms with Gasteiger partial charge in [-0.15, -0.1) is 0 Å². The van der Waals surface area contributed by atoms with Crippen LogP contribution >= 0.6 is 0 Å². The van der Waals surface area contributed by atoms with Gasteiger partial charge in [0.2, 0.25) is 0 Å². The third-order valence-electron chi connectivity index (χ3n) is 3.68. The van der Waals surface area contributed by atoms with Crippen molar-refractivity contribution in [3.8, 4) is 0 Å². The molecule has 1 aliphatic rings. The molecule has 2 heterocycles. The molecular formula is C15H20N4O. The van der Waals surface area contributed by atoms with Crippen LogP contribution in [0.4, 0.5) is 11.6 Å². The van der Waals surface area contributed by atoms with Crippen LogP contribution in [-0.4, -0.2) is 23.1 Å². The first-order chi connectivity index (χ1) is 9.83. The maximum Gasteiger partial charge on any atom is 0.137 e. The van der Waals surface area contributed by atoms with Crippen LogP contribution in [0.2, 0.25) is 0 Å². The number of furan rings is 1. The van der Waals surface area contributed by atoms with Crippen molar-refractivity contribution in [3.63, 3.8) is 0 Å². The lowest BCUT2D eigenvalue weighted by Crippen LogP contribution is -2.27. The van der Waals surface area contributed by atoms with E-state index in [4.69, 9.17) is 4.42 Å². The average Bonchev–Trinajstić information content (AvgIpc) is 3.20. The van der Waals surface area contributed by atoms with E-state index in [9.17, 15) is 0 Å². The minimum absolute atomic E-state index is 0.574. The SMILES string of the molecule is CCc1c(NC)ncnc1N(Cc1ccco1)C1CC1. The van der Waals surface area contributed by atoms with E-state index in [2.05, 4.69) is 27.1 Å². The number of rotatable bonds is 6. The maximum atomic E-state index is 5.49. The molecule has 1 aliphatic carbocycles. The quantitative estimate of drug-likeness (QED) is 0.876. The normalized spacial score (nSPS) is 14.3. The fourth-order valence-corrected chi connectivity index (χ4v) is 2.53. The largest absolute Gasteiger partial charge is 0.467 e. The molecule has 106 valence electrons. The van der Waals surface area contributed by atoms with Gasteiger partial charge in [-0.2, -0.15) is 0 Å². The molecule has 0 amide bonds. The monoisotopic (exact) mass is 272 g/mol. The van der Waals surface area contributed by atoms with E-state index in [1.54, 1.807) is 12.6 Å². The summed E-state index contributed by atoms with van der Waals surface area (Å²) in [5, 5.41) is 3.16. The summed E-state index contributed by atoms with van der Waals surface area (Å²) < 4.78 is 5.49. The highest BCUT2D eigenvalue weighted by atomic mass is 16.3. The van der Waals surface area contributed by atoms with E-state index >= 15 is 0 Å². The fourth-order valence-electron chi connectivity index (χ4n) is 2.53. The minimum atomic E-state index is 0.574. The van der Waals surface area contributed by atoms with Gasteiger partial charge in [-0.1, -0.05) is 6.92 Å². The van der Waals surface area contributed by atoms with Crippen molar-refractivity contribution in [1.82, 2.24) is 9.97 Å². The summed E-state index contributed by atoms with van der Waals surface area (Å²) in [4.78, 5) is 11.2. The summed E-state index contributed by atoms with van der Waals surface area (Å²) in [7, 11) is 1.90. The van der Waals surface area contributed by atoms with Gasteiger partial charge in [0, 0.05) is 18.7 Å². The molecule has 0 spiro atoms. The van der Waals surface area contributed by atoms with Gasteiger partial charge in [0.15, 0.2) is 0 Å². The lowest BCUT2D eigenvalue weighted by atomic mass is 10.2. The van der Waals surface area contributed by atoms with Crippen molar-refractivity contribution in [1.29, 1.82) is 0 Å². The van der Waals surface area contributed by atoms with Crippen LogP contribution in [0.3, 0.4) is 0 Å². The van der Waals surface area contributed by atoms with Crippen molar-refractivity contribution < 1.29 is 4.42 Å². The number of nitrogens with zero attached hydrogens (tertiary/aromatic N) is 3. The molecule has 2 aromatic heterocycles. The second kappa shape index (κ2) is 5.53. The van der Waals surface area contributed by atoms with Crippen LogP contribution < -0.4 is 10.2 Å². The van der Waals surface area contributed by atoms with Crippen molar-refractivity contribution in [2.24, 2.45) is 0 Å². The van der Waals surface area contributed by atoms with Crippen molar-refractivity contribution in [3.05, 3.63) is 36.0 Å². The van der Waals surface area contributed by atoms with E-state index in [0.29, 0.717) is 6.04 Å². The first-order valence-electron chi connectivity index (χ1n) is 7.14. The number of hydrogen-bond donors (Lipinski definition) is 1. The highest BCUT2D eigenvalue weighted by Gasteiger charge is 2.32. The Kier molecular flexibility index (Phi) is 3.58. The van der Waals surface area contributed by atoms with Crippen LogP contribution in [0.15, 0.2) is 29.1 Å². The van der Waals surface area contributed by atoms with Crippen LogP contribution in [0, 0.1) is 0 Å². The molecule has 0 atom stereocenters. The van der Waals surface area contributed by atoms with Crippen LogP contribution in [0.25, 0.3) is 0 Å². The summed E-state index contributed by atoms with van der Waals surface area (Å²) in [5.41, 5.74) is 1.17. The van der Waals surface area contributed by atoms with Crippen molar-refractivity contribution in [2.45, 2.75) is 38.8 Å². The zero-order valence-electron chi connectivity index (χ0n) is 12.0. The van der Waals surface area contributed by atoms with Gasteiger partial charge in [-0.05, 0) is 31.4 Å². The number of aromatic nitrogens is 2. The van der Waals surface area contributed by atoms with Crippen LogP contribution in [0.1, 0.15) is 31.1 Å². The second-order valence-electron chi connectivity index (χ2n) is 5.07. The van der Waals surface area contributed by atoms with E-state index in [-0.39, 0.29) is 0 Å². The Hall–Kier alpha value is -2.04. The van der Waals surface area contributed by atoms with Gasteiger partial charge < -0.3 is 14.6 Å². The summed E-state index contributed by atoms with van der Waals surface area (Å²) >= 11 is 0. The predicted molar refractivity (Wildman–Crippen MR) is 78.9 cm³/mol. The van der Waals surface area contributed by atoms with Gasteiger partial charge in [-0.3, -0.25) is 0 Å². The maximum absolute atomic E-state index is 5.49. The zero-order chi connectivity index (χ0) is 13.9. The second-order valence-corrected chi connectivity index (χ2v) is 5.07. The summed E-state index contributed by atoms with van der Waals surface area (Å²) in [6, 6.07) is 4.52. The molecule has 1 fully saturated rings. The molecule has 2 aromatic rings. The van der Waals surface area contributed by atoms with Gasteiger partial charge >= 0.3 is 0 Å². The Labute approximate surface area is 119 Å². The lowest BCUT2D eigenvalue weighted by Gasteiger charge is -2.25. The van der Waals surface area contributed by atoms with Gasteiger partial charge in [-0.25, -0.2) is 9.97 Å². The summed E-state index contributed by atoms with van der Waals surface area (Å²) in [6.07, 6.45) is 6.72. The highest BCUT2D eigenvalue weighted by molar-refractivity contribution is 5.59. The Balaban J connectivity index is 1.95. The Morgan fingerprint density at radius 2 is 2.25 bits per heavy atom. The summed E-state index contributed by atoms with van der Waals surface area (Å²) in [5.74, 6) is 2.93. The van der Waals surface area contributed by atoms with E-state index in [0.717, 1.165) is 30.4 Å². The molecule has 5 nitrogen and oxygen atoms in total. The van der Waals surface area contributed by atoms with E-state index in [1.165, 1.54) is 18.4 Å². The average molecular weight is 272 g/mol. The Morgan fingerprint density at radius 3 is 2.85 bits per heavy atom. The molecule has 0 unspecified atom stereocenters. The molecule has 1 saturated carbocycles. The highest BCUT2D eigenvalue weighted by Crippen LogP contribution is 2.35. The Bertz CT molecular complexity index is 563. The molecular weight excluding hydrogens is 252 g/mol. The molecule has 0 bridgehead atoms. The predicted octanol–water partition coefficient (Wildman–Crippen LogP) is 2.84. The number of anilines is 2. The standard InChI is InChI=1S/C15H20N4O/c1-3-13-14(16-2)17-10-18-15(13)19(11-6-7-11)9-12-5-4-8-20-12/h4-5,8,10-11H,3,6-7,9H2,1-2H3,(H,16,17,18). The molecule has 1 N–H and O–H groups in total. The smallest absolute Gasteiger partial charge is 0.137 e. The molecule has 5 heteroatoms. The molecule has 20 heavy (non-hydrogen) atoms. The third-order valence-corrected chi connectivity index (χ3v) is 3.68. The molecule has 3 rings (SSSR count). The van der Waals surface area contributed by atoms with E-state index in [1.807, 2.05) is 19.2 Å². The number of hydrogen-bond acceptors (Lipinski definition) is 5. The summed E-state index contributed by atoms with van der Waals surface area (Å²) in [6.45, 7) is 2.91.